The van der Waals surface area contributed by atoms with Crippen LogP contribution in [0.1, 0.15) is 0 Å². The largest absolute Gasteiger partial charge is 0.306 e. The summed E-state index contributed by atoms with van der Waals surface area (Å²) in [6.45, 7) is 0. The van der Waals surface area contributed by atoms with E-state index in [9.17, 15) is 22.9 Å². The maximum absolute atomic E-state index is 13.0. The summed E-state index contributed by atoms with van der Waals surface area (Å²) in [7, 11) is -1.22. The van der Waals surface area contributed by atoms with Crippen LogP contribution < -0.4 is 0 Å². The van der Waals surface area contributed by atoms with Gasteiger partial charge in [0.2, 0.25) is 15.8 Å². The first kappa shape index (κ1) is 12.5. The third-order valence-electron chi connectivity index (χ3n) is 1.89. The van der Waals surface area contributed by atoms with Gasteiger partial charge in [-0.05, 0) is 12.1 Å². The molecule has 0 saturated heterocycles. The molecule has 0 spiro atoms. The maximum atomic E-state index is 13.0. The first-order valence-corrected chi connectivity index (χ1v) is 5.57. The number of halogens is 1. The standard InChI is InChI=1S/C8H9FN2O4S/c1-10(2)16(14,15)6-3-4-7(9)8(5-6)11(12)13/h3-5H,1-2H3. The van der Waals surface area contributed by atoms with Gasteiger partial charge in [-0.2, -0.15) is 4.39 Å². The van der Waals surface area contributed by atoms with Crippen LogP contribution in [-0.2, 0) is 10.0 Å². The second-order valence-electron chi connectivity index (χ2n) is 3.16. The summed E-state index contributed by atoms with van der Waals surface area (Å²) in [5, 5.41) is 10.4. The van der Waals surface area contributed by atoms with Gasteiger partial charge in [-0.15, -0.1) is 0 Å². The summed E-state index contributed by atoms with van der Waals surface area (Å²) >= 11 is 0. The molecule has 1 aromatic carbocycles. The number of nitro benzene ring substituents is 1. The average molecular weight is 248 g/mol. The normalized spacial score (nSPS) is 11.8. The van der Waals surface area contributed by atoms with E-state index in [4.69, 9.17) is 0 Å². The summed E-state index contributed by atoms with van der Waals surface area (Å²) in [6.07, 6.45) is 0. The Hall–Kier alpha value is -1.54. The summed E-state index contributed by atoms with van der Waals surface area (Å²) in [5.74, 6) is -1.07. The van der Waals surface area contributed by atoms with Gasteiger partial charge >= 0.3 is 5.69 Å². The molecule has 0 aliphatic heterocycles. The monoisotopic (exact) mass is 248 g/mol. The van der Waals surface area contributed by atoms with Crippen molar-refractivity contribution in [3.05, 3.63) is 34.1 Å². The van der Waals surface area contributed by atoms with E-state index in [1.807, 2.05) is 0 Å². The van der Waals surface area contributed by atoms with Gasteiger partial charge in [0.05, 0.1) is 9.82 Å². The number of nitro groups is 1. The molecule has 1 rings (SSSR count). The fraction of sp³-hybridized carbons (Fsp3) is 0.250. The summed E-state index contributed by atoms with van der Waals surface area (Å²) in [5.41, 5.74) is -0.858. The molecule has 8 heteroatoms. The van der Waals surface area contributed by atoms with E-state index in [2.05, 4.69) is 0 Å². The first-order chi connectivity index (χ1) is 7.26. The lowest BCUT2D eigenvalue weighted by atomic mass is 10.3. The van der Waals surface area contributed by atoms with Crippen molar-refractivity contribution >= 4 is 15.7 Å². The van der Waals surface area contributed by atoms with Crippen molar-refractivity contribution in [2.75, 3.05) is 14.1 Å². The molecule has 0 heterocycles. The van der Waals surface area contributed by atoms with E-state index < -0.39 is 26.5 Å². The minimum Gasteiger partial charge on any atom is -0.258 e. The molecule has 0 fully saturated rings. The Morgan fingerprint density at radius 1 is 1.38 bits per heavy atom. The topological polar surface area (TPSA) is 80.5 Å². The molecule has 0 radical (unpaired) electrons. The van der Waals surface area contributed by atoms with E-state index in [0.717, 1.165) is 16.4 Å². The Bertz CT molecular complexity index is 527. The van der Waals surface area contributed by atoms with E-state index >= 15 is 0 Å². The molecule has 88 valence electrons. The summed E-state index contributed by atoms with van der Waals surface area (Å²) in [6, 6.07) is 2.44. The summed E-state index contributed by atoms with van der Waals surface area (Å²) < 4.78 is 37.1. The van der Waals surface area contributed by atoms with E-state index in [1.165, 1.54) is 14.1 Å². The highest BCUT2D eigenvalue weighted by atomic mass is 32.2. The second kappa shape index (κ2) is 4.14. The molecular formula is C8H9FN2O4S. The van der Waals surface area contributed by atoms with E-state index in [0.29, 0.717) is 6.07 Å². The van der Waals surface area contributed by atoms with Gasteiger partial charge in [-0.1, -0.05) is 0 Å². The van der Waals surface area contributed by atoms with Gasteiger partial charge in [0.1, 0.15) is 0 Å². The number of rotatable bonds is 3. The quantitative estimate of drug-likeness (QED) is 0.590. The molecule has 0 aromatic heterocycles. The van der Waals surface area contributed by atoms with Crippen molar-refractivity contribution in [3.8, 4) is 0 Å². The van der Waals surface area contributed by atoms with Crippen molar-refractivity contribution in [1.82, 2.24) is 4.31 Å². The predicted octanol–water partition coefficient (Wildman–Crippen LogP) is 0.984. The smallest absolute Gasteiger partial charge is 0.258 e. The maximum Gasteiger partial charge on any atom is 0.306 e. The molecule has 0 amide bonds. The van der Waals surface area contributed by atoms with Crippen LogP contribution in [0.2, 0.25) is 0 Å². The molecule has 0 bridgehead atoms. The van der Waals surface area contributed by atoms with E-state index in [-0.39, 0.29) is 4.90 Å². The minimum absolute atomic E-state index is 0.314. The Morgan fingerprint density at radius 2 is 1.94 bits per heavy atom. The zero-order chi connectivity index (χ0) is 12.5. The van der Waals surface area contributed by atoms with E-state index in [1.54, 1.807) is 0 Å². The van der Waals surface area contributed by atoms with Crippen molar-refractivity contribution < 1.29 is 17.7 Å². The van der Waals surface area contributed by atoms with Crippen molar-refractivity contribution in [3.63, 3.8) is 0 Å². The van der Waals surface area contributed by atoms with Gasteiger partial charge in [0, 0.05) is 20.2 Å². The van der Waals surface area contributed by atoms with Gasteiger partial charge in [-0.25, -0.2) is 12.7 Å². The second-order valence-corrected chi connectivity index (χ2v) is 5.31. The molecule has 0 unspecified atom stereocenters. The van der Waals surface area contributed by atoms with Crippen LogP contribution in [0.4, 0.5) is 10.1 Å². The molecule has 1 aromatic rings. The molecule has 6 nitrogen and oxygen atoms in total. The first-order valence-electron chi connectivity index (χ1n) is 4.13. The Kier molecular flexibility index (Phi) is 3.24. The Morgan fingerprint density at radius 3 is 2.38 bits per heavy atom. The predicted molar refractivity (Wildman–Crippen MR) is 53.9 cm³/mol. The van der Waals surface area contributed by atoms with Crippen LogP contribution in [0.3, 0.4) is 0 Å². The molecule has 16 heavy (non-hydrogen) atoms. The van der Waals surface area contributed by atoms with Crippen molar-refractivity contribution in [2.45, 2.75) is 4.90 Å². The zero-order valence-corrected chi connectivity index (χ0v) is 9.36. The highest BCUT2D eigenvalue weighted by molar-refractivity contribution is 7.89. The van der Waals surface area contributed by atoms with Crippen LogP contribution in [0.25, 0.3) is 0 Å². The lowest BCUT2D eigenvalue weighted by molar-refractivity contribution is -0.387. The van der Waals surface area contributed by atoms with Crippen LogP contribution in [-0.4, -0.2) is 31.7 Å². The zero-order valence-electron chi connectivity index (χ0n) is 8.55. The molecule has 0 aliphatic rings. The third-order valence-corrected chi connectivity index (χ3v) is 3.70. The van der Waals surface area contributed by atoms with Gasteiger partial charge in [0.15, 0.2) is 0 Å². The van der Waals surface area contributed by atoms with Crippen LogP contribution in [0, 0.1) is 15.9 Å². The van der Waals surface area contributed by atoms with Crippen molar-refractivity contribution in [1.29, 1.82) is 0 Å². The number of benzene rings is 1. The Labute approximate surface area is 91.5 Å². The molecule has 0 saturated carbocycles. The highest BCUT2D eigenvalue weighted by Gasteiger charge is 2.22. The van der Waals surface area contributed by atoms with Gasteiger partial charge < -0.3 is 0 Å². The SMILES string of the molecule is CN(C)S(=O)(=O)c1ccc(F)c([N+](=O)[O-])c1. The molecular weight excluding hydrogens is 239 g/mol. The van der Waals surface area contributed by atoms with Crippen LogP contribution in [0.15, 0.2) is 23.1 Å². The number of sulfonamides is 1. The lowest BCUT2D eigenvalue weighted by Gasteiger charge is -2.10. The van der Waals surface area contributed by atoms with Crippen LogP contribution >= 0.6 is 0 Å². The minimum atomic E-state index is -3.79. The lowest BCUT2D eigenvalue weighted by Crippen LogP contribution is -2.22. The number of hydrogen-bond acceptors (Lipinski definition) is 4. The summed E-state index contributed by atoms with van der Waals surface area (Å²) in [4.78, 5) is 9.15. The molecule has 0 atom stereocenters. The van der Waals surface area contributed by atoms with Crippen molar-refractivity contribution in [2.24, 2.45) is 0 Å². The third kappa shape index (κ3) is 2.17. The average Bonchev–Trinajstić information content (AvgIpc) is 2.17. The number of hydrogen-bond donors (Lipinski definition) is 0. The Balaban J connectivity index is 3.40. The highest BCUT2D eigenvalue weighted by Crippen LogP contribution is 2.22. The molecule has 0 aliphatic carbocycles. The van der Waals surface area contributed by atoms with Gasteiger partial charge in [-0.3, -0.25) is 10.1 Å². The molecule has 0 N–H and O–H groups in total. The fourth-order valence-corrected chi connectivity index (χ4v) is 1.93. The fourth-order valence-electron chi connectivity index (χ4n) is 1.00. The number of nitrogens with zero attached hydrogens (tertiary/aromatic N) is 2. The van der Waals surface area contributed by atoms with Crippen LogP contribution in [0.5, 0.6) is 0 Å². The van der Waals surface area contributed by atoms with Gasteiger partial charge in [0.25, 0.3) is 0 Å².